The molecule has 0 spiro atoms. The number of thiazole rings is 1. The average Bonchev–Trinajstić information content (AvgIpc) is 2.78. The zero-order valence-corrected chi connectivity index (χ0v) is 11.7. The van der Waals surface area contributed by atoms with E-state index in [9.17, 15) is 9.59 Å². The van der Waals surface area contributed by atoms with Gasteiger partial charge in [-0.25, -0.2) is 4.98 Å². The quantitative estimate of drug-likeness (QED) is 0.860. The minimum atomic E-state index is -0.901. The van der Waals surface area contributed by atoms with Crippen LogP contribution in [-0.4, -0.2) is 40.0 Å². The van der Waals surface area contributed by atoms with Gasteiger partial charge >= 0.3 is 5.97 Å². The zero-order chi connectivity index (χ0) is 13.7. The standard InChI is InChI=1S/C12H18N2O3S/c1-4-14(6-5-10(15)16)12(17)9-7-18-11(13-9)8(2)3/h7-8H,4-6H2,1-3H3,(H,15,16). The van der Waals surface area contributed by atoms with Gasteiger partial charge in [0.05, 0.1) is 11.4 Å². The van der Waals surface area contributed by atoms with Crippen LogP contribution in [0.2, 0.25) is 0 Å². The van der Waals surface area contributed by atoms with Gasteiger partial charge < -0.3 is 10.0 Å². The number of nitrogens with zero attached hydrogens (tertiary/aromatic N) is 2. The van der Waals surface area contributed by atoms with Crippen molar-refractivity contribution in [1.82, 2.24) is 9.88 Å². The normalized spacial score (nSPS) is 10.7. The summed E-state index contributed by atoms with van der Waals surface area (Å²) in [6.07, 6.45) is -0.0409. The molecule has 1 aromatic heterocycles. The maximum absolute atomic E-state index is 12.1. The third kappa shape index (κ3) is 3.80. The number of carbonyl (C=O) groups excluding carboxylic acids is 1. The summed E-state index contributed by atoms with van der Waals surface area (Å²) in [5.41, 5.74) is 0.413. The predicted octanol–water partition coefficient (Wildman–Crippen LogP) is 2.20. The molecule has 0 aliphatic carbocycles. The number of aromatic nitrogens is 1. The van der Waals surface area contributed by atoms with Crippen molar-refractivity contribution < 1.29 is 14.7 Å². The van der Waals surface area contributed by atoms with Gasteiger partial charge in [-0.3, -0.25) is 9.59 Å². The zero-order valence-electron chi connectivity index (χ0n) is 10.8. The Labute approximate surface area is 110 Å². The van der Waals surface area contributed by atoms with Gasteiger partial charge in [-0.15, -0.1) is 11.3 Å². The maximum Gasteiger partial charge on any atom is 0.305 e. The Morgan fingerprint density at radius 1 is 1.50 bits per heavy atom. The summed E-state index contributed by atoms with van der Waals surface area (Å²) in [5.74, 6) is -0.796. The van der Waals surface area contributed by atoms with E-state index >= 15 is 0 Å². The number of hydrogen-bond acceptors (Lipinski definition) is 4. The fourth-order valence-corrected chi connectivity index (χ4v) is 2.26. The van der Waals surface area contributed by atoms with E-state index in [0.29, 0.717) is 18.2 Å². The van der Waals surface area contributed by atoms with Crippen LogP contribution in [0.1, 0.15) is 48.6 Å². The van der Waals surface area contributed by atoms with E-state index in [1.54, 1.807) is 5.38 Å². The molecule has 5 nitrogen and oxygen atoms in total. The molecule has 0 saturated heterocycles. The van der Waals surface area contributed by atoms with Crippen molar-refractivity contribution in [2.75, 3.05) is 13.1 Å². The summed E-state index contributed by atoms with van der Waals surface area (Å²) in [6.45, 7) is 6.58. The van der Waals surface area contributed by atoms with Crippen molar-refractivity contribution in [3.8, 4) is 0 Å². The van der Waals surface area contributed by atoms with Crippen LogP contribution >= 0.6 is 11.3 Å². The first kappa shape index (κ1) is 14.6. The molecule has 1 rings (SSSR count). The molecule has 100 valence electrons. The summed E-state index contributed by atoms with van der Waals surface area (Å²) < 4.78 is 0. The first-order valence-electron chi connectivity index (χ1n) is 5.92. The molecular formula is C12H18N2O3S. The molecule has 0 radical (unpaired) electrons. The maximum atomic E-state index is 12.1. The van der Waals surface area contributed by atoms with Crippen molar-refractivity contribution in [1.29, 1.82) is 0 Å². The van der Waals surface area contributed by atoms with Crippen LogP contribution in [-0.2, 0) is 4.79 Å². The van der Waals surface area contributed by atoms with Crippen molar-refractivity contribution in [2.24, 2.45) is 0 Å². The van der Waals surface area contributed by atoms with E-state index in [-0.39, 0.29) is 18.9 Å². The number of carboxylic acid groups (broad SMARTS) is 1. The number of rotatable bonds is 6. The lowest BCUT2D eigenvalue weighted by molar-refractivity contribution is -0.137. The minimum absolute atomic E-state index is 0.0409. The fourth-order valence-electron chi connectivity index (χ4n) is 1.45. The van der Waals surface area contributed by atoms with Gasteiger partial charge in [-0.1, -0.05) is 13.8 Å². The third-order valence-electron chi connectivity index (χ3n) is 2.50. The van der Waals surface area contributed by atoms with Crippen LogP contribution < -0.4 is 0 Å². The smallest absolute Gasteiger partial charge is 0.305 e. The van der Waals surface area contributed by atoms with E-state index < -0.39 is 5.97 Å². The van der Waals surface area contributed by atoms with Crippen LogP contribution in [0, 0.1) is 0 Å². The van der Waals surface area contributed by atoms with Gasteiger partial charge in [0, 0.05) is 24.4 Å². The molecule has 0 aromatic carbocycles. The summed E-state index contributed by atoms with van der Waals surface area (Å²) in [5, 5.41) is 11.3. The molecule has 0 unspecified atom stereocenters. The molecule has 0 fully saturated rings. The van der Waals surface area contributed by atoms with Crippen LogP contribution in [0.4, 0.5) is 0 Å². The van der Waals surface area contributed by atoms with Gasteiger partial charge in [-0.05, 0) is 6.92 Å². The molecule has 0 aliphatic heterocycles. The first-order valence-corrected chi connectivity index (χ1v) is 6.80. The number of amides is 1. The lowest BCUT2D eigenvalue weighted by Crippen LogP contribution is -2.33. The molecule has 1 heterocycles. The van der Waals surface area contributed by atoms with E-state index in [0.717, 1.165) is 5.01 Å². The molecule has 1 aromatic rings. The Morgan fingerprint density at radius 2 is 2.17 bits per heavy atom. The molecule has 18 heavy (non-hydrogen) atoms. The molecule has 1 N–H and O–H groups in total. The molecule has 1 amide bonds. The predicted molar refractivity (Wildman–Crippen MR) is 70.0 cm³/mol. The van der Waals surface area contributed by atoms with Gasteiger partial charge in [0.15, 0.2) is 0 Å². The molecule has 0 bridgehead atoms. The van der Waals surface area contributed by atoms with Crippen molar-refractivity contribution in [3.63, 3.8) is 0 Å². The molecule has 0 saturated carbocycles. The van der Waals surface area contributed by atoms with E-state index in [1.165, 1.54) is 16.2 Å². The number of aliphatic carboxylic acids is 1. The summed E-state index contributed by atoms with van der Waals surface area (Å²) in [4.78, 5) is 28.4. The SMILES string of the molecule is CCN(CCC(=O)O)C(=O)c1csc(C(C)C)n1. The fraction of sp³-hybridized carbons (Fsp3) is 0.583. The Bertz CT molecular complexity index is 429. The lowest BCUT2D eigenvalue weighted by Gasteiger charge is -2.18. The monoisotopic (exact) mass is 270 g/mol. The second-order valence-corrected chi connectivity index (χ2v) is 5.14. The van der Waals surface area contributed by atoms with Crippen molar-refractivity contribution in [2.45, 2.75) is 33.1 Å². The molecule has 6 heteroatoms. The Kier molecular flexibility index (Phi) is 5.27. The largest absolute Gasteiger partial charge is 0.481 e. The second-order valence-electron chi connectivity index (χ2n) is 4.25. The molecule has 0 aliphatic rings. The van der Waals surface area contributed by atoms with Crippen LogP contribution in [0.25, 0.3) is 0 Å². The van der Waals surface area contributed by atoms with Crippen LogP contribution in [0.3, 0.4) is 0 Å². The summed E-state index contributed by atoms with van der Waals surface area (Å²) >= 11 is 1.46. The highest BCUT2D eigenvalue weighted by Gasteiger charge is 2.18. The van der Waals surface area contributed by atoms with Crippen molar-refractivity contribution >= 4 is 23.2 Å². The first-order chi connectivity index (χ1) is 8.45. The molecular weight excluding hydrogens is 252 g/mol. The van der Waals surface area contributed by atoms with E-state index in [4.69, 9.17) is 5.11 Å². The van der Waals surface area contributed by atoms with E-state index in [1.807, 2.05) is 20.8 Å². The average molecular weight is 270 g/mol. The van der Waals surface area contributed by atoms with Gasteiger partial charge in [0.2, 0.25) is 0 Å². The third-order valence-corrected chi connectivity index (χ3v) is 3.64. The van der Waals surface area contributed by atoms with Gasteiger partial charge in [-0.2, -0.15) is 0 Å². The second kappa shape index (κ2) is 6.49. The van der Waals surface area contributed by atoms with Gasteiger partial charge in [0.1, 0.15) is 5.69 Å². The minimum Gasteiger partial charge on any atom is -0.481 e. The number of hydrogen-bond donors (Lipinski definition) is 1. The highest BCUT2D eigenvalue weighted by Crippen LogP contribution is 2.20. The van der Waals surface area contributed by atoms with Crippen LogP contribution in [0.5, 0.6) is 0 Å². The van der Waals surface area contributed by atoms with Crippen molar-refractivity contribution in [3.05, 3.63) is 16.1 Å². The number of carbonyl (C=O) groups is 2. The Morgan fingerprint density at radius 3 is 2.61 bits per heavy atom. The Hall–Kier alpha value is -1.43. The van der Waals surface area contributed by atoms with Gasteiger partial charge in [0.25, 0.3) is 5.91 Å². The van der Waals surface area contributed by atoms with E-state index in [2.05, 4.69) is 4.98 Å². The molecule has 0 atom stereocenters. The topological polar surface area (TPSA) is 70.5 Å². The summed E-state index contributed by atoms with van der Waals surface area (Å²) in [6, 6.07) is 0. The Balaban J connectivity index is 2.73. The number of carboxylic acids is 1. The summed E-state index contributed by atoms with van der Waals surface area (Å²) in [7, 11) is 0. The highest BCUT2D eigenvalue weighted by atomic mass is 32.1. The lowest BCUT2D eigenvalue weighted by atomic mass is 10.2. The van der Waals surface area contributed by atoms with Crippen LogP contribution in [0.15, 0.2) is 5.38 Å². The highest BCUT2D eigenvalue weighted by molar-refractivity contribution is 7.09.